The van der Waals surface area contributed by atoms with Crippen LogP contribution in [0, 0.1) is 5.82 Å². The van der Waals surface area contributed by atoms with E-state index in [2.05, 4.69) is 25.8 Å². The number of fused-ring (bicyclic) bond motifs is 1. The Morgan fingerprint density at radius 3 is 2.84 bits per heavy atom. The highest BCUT2D eigenvalue weighted by atomic mass is 19.1. The van der Waals surface area contributed by atoms with E-state index < -0.39 is 6.03 Å². The molecule has 3 rings (SSSR count). The number of carbonyl (C=O) groups is 1. The van der Waals surface area contributed by atoms with Gasteiger partial charge in [0.05, 0.1) is 23.6 Å². The number of carbonyl (C=O) groups excluding carboxylic acids is 1. The Hall–Kier alpha value is -3.16. The molecule has 0 saturated heterocycles. The minimum Gasteiger partial charge on any atom is -0.476 e. The summed E-state index contributed by atoms with van der Waals surface area (Å²) in [4.78, 5) is 16.3. The number of hydrogen-bond acceptors (Lipinski definition) is 4. The second-order valence-electron chi connectivity index (χ2n) is 5.45. The van der Waals surface area contributed by atoms with Gasteiger partial charge in [-0.1, -0.05) is 12.1 Å². The van der Waals surface area contributed by atoms with Crippen molar-refractivity contribution in [3.05, 3.63) is 47.9 Å². The minimum absolute atomic E-state index is 0.277. The summed E-state index contributed by atoms with van der Waals surface area (Å²) in [6.07, 6.45) is 1.59. The third-order valence-electron chi connectivity index (χ3n) is 3.65. The molecule has 0 bridgehead atoms. The van der Waals surface area contributed by atoms with Gasteiger partial charge in [0, 0.05) is 12.3 Å². The Kier molecular flexibility index (Phi) is 4.78. The Bertz CT molecular complexity index is 878. The van der Waals surface area contributed by atoms with Gasteiger partial charge in [0.25, 0.3) is 0 Å². The third-order valence-corrected chi connectivity index (χ3v) is 3.65. The predicted octanol–water partition coefficient (Wildman–Crippen LogP) is 3.38. The summed E-state index contributed by atoms with van der Waals surface area (Å²) in [5.74, 6) is 0.540. The van der Waals surface area contributed by atoms with E-state index >= 15 is 0 Å². The number of aromatic amines is 1. The molecular weight excluding hydrogens is 325 g/mol. The molecule has 8 heteroatoms. The summed E-state index contributed by atoms with van der Waals surface area (Å²) < 4.78 is 18.3. The van der Waals surface area contributed by atoms with E-state index in [4.69, 9.17) is 4.74 Å². The number of amides is 2. The molecular formula is C17H18FN5O2. The molecule has 0 aliphatic heterocycles. The Morgan fingerprint density at radius 1 is 1.36 bits per heavy atom. The lowest BCUT2D eigenvalue weighted by atomic mass is 10.1. The molecule has 130 valence electrons. The van der Waals surface area contributed by atoms with Gasteiger partial charge in [-0.25, -0.2) is 14.2 Å². The molecule has 0 spiro atoms. The smallest absolute Gasteiger partial charge is 0.320 e. The molecule has 2 amide bonds. The average Bonchev–Trinajstić information content (AvgIpc) is 2.98. The molecule has 0 radical (unpaired) electrons. The van der Waals surface area contributed by atoms with Crippen LogP contribution in [0.4, 0.5) is 15.0 Å². The summed E-state index contributed by atoms with van der Waals surface area (Å²) in [6, 6.07) is 6.96. The molecule has 0 fully saturated rings. The fourth-order valence-electron chi connectivity index (χ4n) is 2.39. The van der Waals surface area contributed by atoms with Crippen LogP contribution in [0.25, 0.3) is 10.9 Å². The number of hydrogen-bond donors (Lipinski definition) is 3. The van der Waals surface area contributed by atoms with Crippen molar-refractivity contribution in [1.82, 2.24) is 20.5 Å². The number of anilines is 1. The monoisotopic (exact) mass is 343 g/mol. The lowest BCUT2D eigenvalue weighted by molar-refractivity contribution is 0.249. The van der Waals surface area contributed by atoms with Gasteiger partial charge >= 0.3 is 6.03 Å². The van der Waals surface area contributed by atoms with E-state index in [0.717, 1.165) is 10.9 Å². The van der Waals surface area contributed by atoms with Crippen LogP contribution in [-0.4, -0.2) is 27.8 Å². The lowest BCUT2D eigenvalue weighted by Gasteiger charge is -2.14. The number of nitrogens with one attached hydrogen (secondary N) is 3. The Morgan fingerprint density at radius 2 is 2.12 bits per heavy atom. The number of ether oxygens (including phenoxy) is 1. The van der Waals surface area contributed by atoms with Crippen LogP contribution in [0.5, 0.6) is 5.88 Å². The largest absolute Gasteiger partial charge is 0.476 e. The lowest BCUT2D eigenvalue weighted by Crippen LogP contribution is -2.31. The first-order valence-electron chi connectivity index (χ1n) is 7.86. The highest BCUT2D eigenvalue weighted by Gasteiger charge is 2.12. The first-order valence-corrected chi connectivity index (χ1v) is 7.86. The SMILES string of the molecule is CCOc1n[nH]c2cc(NC(=O)NC(C)c3ccc(F)cc3)ncc12. The zero-order chi connectivity index (χ0) is 17.8. The molecule has 0 aliphatic rings. The van der Waals surface area contributed by atoms with Crippen molar-refractivity contribution < 1.29 is 13.9 Å². The van der Waals surface area contributed by atoms with Gasteiger partial charge in [0.15, 0.2) is 0 Å². The summed E-state index contributed by atoms with van der Waals surface area (Å²) >= 11 is 0. The van der Waals surface area contributed by atoms with Crippen LogP contribution in [0.1, 0.15) is 25.5 Å². The topological polar surface area (TPSA) is 91.9 Å². The molecule has 3 N–H and O–H groups in total. The van der Waals surface area contributed by atoms with Crippen LogP contribution in [0.2, 0.25) is 0 Å². The van der Waals surface area contributed by atoms with Crippen molar-refractivity contribution in [2.45, 2.75) is 19.9 Å². The summed E-state index contributed by atoms with van der Waals surface area (Å²) in [5, 5.41) is 13.1. The van der Waals surface area contributed by atoms with Gasteiger partial charge in [-0.2, -0.15) is 0 Å². The number of benzene rings is 1. The van der Waals surface area contributed by atoms with Crippen molar-refractivity contribution in [2.75, 3.05) is 11.9 Å². The standard InChI is InChI=1S/C17H18FN5O2/c1-3-25-16-13-9-19-15(8-14(13)22-23-16)21-17(24)20-10(2)11-4-6-12(18)7-5-11/h4-10H,3H2,1-2H3,(H,22,23)(H2,19,20,21,24). The fraction of sp³-hybridized carbons (Fsp3) is 0.235. The van der Waals surface area contributed by atoms with E-state index in [9.17, 15) is 9.18 Å². The number of urea groups is 1. The highest BCUT2D eigenvalue weighted by Crippen LogP contribution is 2.23. The quantitative estimate of drug-likeness (QED) is 0.662. The number of pyridine rings is 1. The predicted molar refractivity (Wildman–Crippen MR) is 92.0 cm³/mol. The first-order chi connectivity index (χ1) is 12.1. The normalized spacial score (nSPS) is 12.0. The third kappa shape index (κ3) is 3.85. The molecule has 2 aromatic heterocycles. The molecule has 1 aromatic carbocycles. The first kappa shape index (κ1) is 16.7. The van der Waals surface area contributed by atoms with Crippen molar-refractivity contribution in [3.63, 3.8) is 0 Å². The summed E-state index contributed by atoms with van der Waals surface area (Å²) in [5.41, 5.74) is 1.51. The van der Waals surface area contributed by atoms with Crippen molar-refractivity contribution in [2.24, 2.45) is 0 Å². The number of nitrogens with zero attached hydrogens (tertiary/aromatic N) is 2. The number of H-pyrrole nitrogens is 1. The van der Waals surface area contributed by atoms with Gasteiger partial charge in [-0.3, -0.25) is 10.4 Å². The van der Waals surface area contributed by atoms with Crippen molar-refractivity contribution in [1.29, 1.82) is 0 Å². The molecule has 2 heterocycles. The van der Waals surface area contributed by atoms with Crippen LogP contribution in [-0.2, 0) is 0 Å². The average molecular weight is 343 g/mol. The van der Waals surface area contributed by atoms with Crippen molar-refractivity contribution in [3.8, 4) is 5.88 Å². The van der Waals surface area contributed by atoms with E-state index in [1.807, 2.05) is 13.8 Å². The van der Waals surface area contributed by atoms with Crippen LogP contribution in [0.3, 0.4) is 0 Å². The number of rotatable bonds is 5. The summed E-state index contributed by atoms with van der Waals surface area (Å²) in [7, 11) is 0. The number of halogens is 1. The Balaban J connectivity index is 1.66. The second-order valence-corrected chi connectivity index (χ2v) is 5.45. The van der Waals surface area contributed by atoms with E-state index in [1.165, 1.54) is 12.1 Å². The van der Waals surface area contributed by atoms with Gasteiger partial charge in [0.1, 0.15) is 11.6 Å². The van der Waals surface area contributed by atoms with Gasteiger partial charge in [-0.15, -0.1) is 5.10 Å². The molecule has 25 heavy (non-hydrogen) atoms. The molecule has 0 saturated carbocycles. The van der Waals surface area contributed by atoms with Crippen LogP contribution in [0.15, 0.2) is 36.5 Å². The zero-order valence-electron chi connectivity index (χ0n) is 13.8. The van der Waals surface area contributed by atoms with Crippen molar-refractivity contribution >= 4 is 22.8 Å². The molecule has 1 unspecified atom stereocenters. The van der Waals surface area contributed by atoms with E-state index in [0.29, 0.717) is 23.8 Å². The highest BCUT2D eigenvalue weighted by molar-refractivity contribution is 5.92. The maximum absolute atomic E-state index is 13.0. The van der Waals surface area contributed by atoms with Crippen LogP contribution >= 0.6 is 0 Å². The fourth-order valence-corrected chi connectivity index (χ4v) is 2.39. The van der Waals surface area contributed by atoms with Gasteiger partial charge in [0.2, 0.25) is 5.88 Å². The van der Waals surface area contributed by atoms with E-state index in [1.54, 1.807) is 24.4 Å². The Labute approximate surface area is 143 Å². The molecule has 0 aliphatic carbocycles. The van der Waals surface area contributed by atoms with Gasteiger partial charge < -0.3 is 10.1 Å². The second kappa shape index (κ2) is 7.16. The molecule has 7 nitrogen and oxygen atoms in total. The van der Waals surface area contributed by atoms with Gasteiger partial charge in [-0.05, 0) is 31.5 Å². The maximum Gasteiger partial charge on any atom is 0.320 e. The molecule has 3 aromatic rings. The van der Waals surface area contributed by atoms with Crippen LogP contribution < -0.4 is 15.4 Å². The molecule has 1 atom stereocenters. The minimum atomic E-state index is -0.409. The maximum atomic E-state index is 13.0. The summed E-state index contributed by atoms with van der Waals surface area (Å²) in [6.45, 7) is 4.19. The number of aromatic nitrogens is 3. The van der Waals surface area contributed by atoms with E-state index in [-0.39, 0.29) is 11.9 Å². The zero-order valence-corrected chi connectivity index (χ0v) is 13.8.